The molecular weight excluding hydrogens is 248 g/mol. The molecule has 1 N–H and O–H groups in total. The quantitative estimate of drug-likeness (QED) is 0.744. The lowest BCUT2D eigenvalue weighted by Gasteiger charge is -2.13. The maximum atomic E-state index is 9.45. The zero-order valence-corrected chi connectivity index (χ0v) is 11.3. The van der Waals surface area contributed by atoms with Gasteiger partial charge in [0.25, 0.3) is 0 Å². The summed E-state index contributed by atoms with van der Waals surface area (Å²) in [5.74, 6) is -0.101. The number of nitrogens with one attached hydrogen (secondary N) is 1. The van der Waals surface area contributed by atoms with E-state index < -0.39 is 0 Å². The molecule has 1 aliphatic rings. The Kier molecular flexibility index (Phi) is 3.31. The van der Waals surface area contributed by atoms with Crippen molar-refractivity contribution in [1.29, 1.82) is 10.5 Å². The van der Waals surface area contributed by atoms with E-state index in [2.05, 4.69) is 23.3 Å². The number of aromatic amines is 1. The van der Waals surface area contributed by atoms with Crippen molar-refractivity contribution in [2.24, 2.45) is 0 Å². The summed E-state index contributed by atoms with van der Waals surface area (Å²) in [6, 6.07) is 10.6. The molecule has 1 aromatic heterocycles. The number of hydrogen-bond donors (Lipinski definition) is 1. The Hall–Kier alpha value is -2.46. The van der Waals surface area contributed by atoms with Crippen LogP contribution in [0, 0.1) is 22.8 Å². The van der Waals surface area contributed by atoms with Gasteiger partial charge in [0.05, 0.1) is 12.0 Å². The fraction of sp³-hybridized carbons (Fsp3) is 0.375. The van der Waals surface area contributed by atoms with Crippen LogP contribution in [-0.2, 0) is 6.42 Å². The summed E-state index contributed by atoms with van der Waals surface area (Å²) >= 11 is 0. The largest absolute Gasteiger partial charge is 0.357 e. The molecule has 3 rings (SSSR count). The first-order valence-corrected chi connectivity index (χ1v) is 6.97. The van der Waals surface area contributed by atoms with Gasteiger partial charge in [-0.3, -0.25) is 0 Å². The highest BCUT2D eigenvalue weighted by Crippen LogP contribution is 2.31. The molecule has 1 aromatic carbocycles. The number of nitrogens with zero attached hydrogens (tertiary/aromatic N) is 3. The molecule has 4 heteroatoms. The van der Waals surface area contributed by atoms with Crippen LogP contribution in [0.5, 0.6) is 0 Å². The summed E-state index contributed by atoms with van der Waals surface area (Å²) in [5, 5.41) is 19.8. The van der Waals surface area contributed by atoms with Crippen LogP contribution in [0.1, 0.15) is 30.0 Å². The van der Waals surface area contributed by atoms with Crippen LogP contribution in [0.4, 0.5) is 0 Å². The Balaban J connectivity index is 2.10. The van der Waals surface area contributed by atoms with E-state index in [1.165, 1.54) is 10.9 Å². The summed E-state index contributed by atoms with van der Waals surface area (Å²) in [5.41, 5.74) is 3.34. The first-order valence-electron chi connectivity index (χ1n) is 6.97. The van der Waals surface area contributed by atoms with Crippen molar-refractivity contribution in [2.45, 2.75) is 25.2 Å². The molecule has 1 atom stereocenters. The van der Waals surface area contributed by atoms with Crippen molar-refractivity contribution in [3.05, 3.63) is 35.5 Å². The van der Waals surface area contributed by atoms with Crippen LogP contribution in [-0.4, -0.2) is 23.0 Å². The number of fused-ring (bicyclic) bond motifs is 3. The molecule has 0 radical (unpaired) electrons. The Morgan fingerprint density at radius 2 is 2.05 bits per heavy atom. The molecule has 0 amide bonds. The van der Waals surface area contributed by atoms with Gasteiger partial charge in [0, 0.05) is 29.7 Å². The highest BCUT2D eigenvalue weighted by molar-refractivity contribution is 5.85. The molecular formula is C16H16N4. The van der Waals surface area contributed by atoms with Crippen LogP contribution in [0.3, 0.4) is 0 Å². The number of hydrogen-bond acceptors (Lipinski definition) is 3. The summed E-state index contributed by atoms with van der Waals surface area (Å²) in [6.07, 6.45) is 4.73. The third kappa shape index (κ3) is 2.10. The molecule has 0 fully saturated rings. The van der Waals surface area contributed by atoms with E-state index in [4.69, 9.17) is 5.26 Å². The predicted molar refractivity (Wildman–Crippen MR) is 76.8 cm³/mol. The number of nitriles is 2. The van der Waals surface area contributed by atoms with Crippen molar-refractivity contribution in [1.82, 2.24) is 9.88 Å². The summed E-state index contributed by atoms with van der Waals surface area (Å²) in [4.78, 5) is 5.22. The number of aromatic nitrogens is 1. The number of rotatable bonds is 0. The van der Waals surface area contributed by atoms with E-state index in [0.717, 1.165) is 43.6 Å². The lowest BCUT2D eigenvalue weighted by molar-refractivity contribution is 0.386. The molecule has 20 heavy (non-hydrogen) atoms. The van der Waals surface area contributed by atoms with E-state index in [9.17, 15) is 5.26 Å². The van der Waals surface area contributed by atoms with E-state index in [-0.39, 0.29) is 5.92 Å². The molecule has 4 nitrogen and oxygen atoms in total. The highest BCUT2D eigenvalue weighted by atomic mass is 15.1. The van der Waals surface area contributed by atoms with Crippen molar-refractivity contribution in [2.75, 3.05) is 13.1 Å². The molecule has 2 aromatic rings. The molecule has 1 aliphatic heterocycles. The van der Waals surface area contributed by atoms with Crippen molar-refractivity contribution < 1.29 is 0 Å². The molecule has 0 spiro atoms. The standard InChI is InChI=1S/C16H16N4/c17-10-12-4-3-8-20(11-18)9-7-14-13-5-1-2-6-15(13)19-16(12)14/h1-2,5-6,12,19H,3-4,7-9H2. The van der Waals surface area contributed by atoms with Crippen LogP contribution >= 0.6 is 0 Å². The van der Waals surface area contributed by atoms with Gasteiger partial charge in [-0.1, -0.05) is 18.2 Å². The summed E-state index contributed by atoms with van der Waals surface area (Å²) in [7, 11) is 0. The monoisotopic (exact) mass is 264 g/mol. The smallest absolute Gasteiger partial charge is 0.179 e. The lowest BCUT2D eigenvalue weighted by atomic mass is 9.96. The normalized spacial score (nSPS) is 19.3. The molecule has 100 valence electrons. The second kappa shape index (κ2) is 5.27. The minimum absolute atomic E-state index is 0.101. The fourth-order valence-electron chi connectivity index (χ4n) is 3.01. The first kappa shape index (κ1) is 12.6. The lowest BCUT2D eigenvalue weighted by Crippen LogP contribution is -2.21. The van der Waals surface area contributed by atoms with Crippen LogP contribution in [0.15, 0.2) is 24.3 Å². The average molecular weight is 264 g/mol. The van der Waals surface area contributed by atoms with E-state index >= 15 is 0 Å². The van der Waals surface area contributed by atoms with Crippen molar-refractivity contribution in [3.8, 4) is 12.3 Å². The predicted octanol–water partition coefficient (Wildman–Crippen LogP) is 2.89. The van der Waals surface area contributed by atoms with Gasteiger partial charge >= 0.3 is 0 Å². The van der Waals surface area contributed by atoms with Gasteiger partial charge in [-0.2, -0.15) is 10.5 Å². The van der Waals surface area contributed by atoms with Crippen molar-refractivity contribution >= 4 is 10.9 Å². The highest BCUT2D eigenvalue weighted by Gasteiger charge is 2.22. The number of H-pyrrole nitrogens is 1. The molecule has 1 unspecified atom stereocenters. The summed E-state index contributed by atoms with van der Waals surface area (Å²) < 4.78 is 0. The minimum atomic E-state index is -0.101. The van der Waals surface area contributed by atoms with Gasteiger partial charge in [0.1, 0.15) is 0 Å². The zero-order chi connectivity index (χ0) is 13.9. The Bertz CT molecular complexity index is 701. The Morgan fingerprint density at radius 1 is 1.20 bits per heavy atom. The topological polar surface area (TPSA) is 66.6 Å². The molecule has 0 saturated carbocycles. The van der Waals surface area contributed by atoms with E-state index in [1.807, 2.05) is 18.2 Å². The van der Waals surface area contributed by atoms with Gasteiger partial charge in [0.15, 0.2) is 6.19 Å². The van der Waals surface area contributed by atoms with Crippen LogP contribution in [0.25, 0.3) is 10.9 Å². The maximum Gasteiger partial charge on any atom is 0.179 e. The molecule has 2 heterocycles. The fourth-order valence-corrected chi connectivity index (χ4v) is 3.01. The minimum Gasteiger partial charge on any atom is -0.357 e. The van der Waals surface area contributed by atoms with Crippen molar-refractivity contribution in [3.63, 3.8) is 0 Å². The Labute approximate surface area is 118 Å². The number of benzene rings is 1. The second-order valence-electron chi connectivity index (χ2n) is 5.22. The van der Waals surface area contributed by atoms with Gasteiger partial charge < -0.3 is 9.88 Å². The van der Waals surface area contributed by atoms with E-state index in [0.29, 0.717) is 0 Å². The number of para-hydroxylation sites is 1. The zero-order valence-electron chi connectivity index (χ0n) is 11.3. The third-order valence-electron chi connectivity index (χ3n) is 4.04. The summed E-state index contributed by atoms with van der Waals surface area (Å²) in [6.45, 7) is 1.47. The SMILES string of the molecule is N#CC1CCCN(C#N)CCc2c1[nH]c1ccccc21. The van der Waals surface area contributed by atoms with E-state index in [1.54, 1.807) is 4.90 Å². The third-order valence-corrected chi connectivity index (χ3v) is 4.04. The van der Waals surface area contributed by atoms with Crippen LogP contribution < -0.4 is 0 Å². The Morgan fingerprint density at radius 3 is 2.85 bits per heavy atom. The van der Waals surface area contributed by atoms with Gasteiger partial charge in [-0.25, -0.2) is 0 Å². The molecule has 0 saturated heterocycles. The second-order valence-corrected chi connectivity index (χ2v) is 5.22. The first-order chi connectivity index (χ1) is 9.83. The average Bonchev–Trinajstić information content (AvgIpc) is 2.87. The van der Waals surface area contributed by atoms with Gasteiger partial charge in [-0.15, -0.1) is 0 Å². The van der Waals surface area contributed by atoms with Gasteiger partial charge in [-0.05, 0) is 30.9 Å². The maximum absolute atomic E-state index is 9.45. The van der Waals surface area contributed by atoms with Gasteiger partial charge in [0.2, 0.25) is 0 Å². The molecule has 0 aliphatic carbocycles. The molecule has 0 bridgehead atoms. The van der Waals surface area contributed by atoms with Crippen LogP contribution in [0.2, 0.25) is 0 Å².